The molecule has 0 radical (unpaired) electrons. The first-order chi connectivity index (χ1) is 9.00. The Labute approximate surface area is 115 Å². The van der Waals surface area contributed by atoms with Crippen LogP contribution in [0.25, 0.3) is 0 Å². The van der Waals surface area contributed by atoms with E-state index >= 15 is 0 Å². The van der Waals surface area contributed by atoms with Gasteiger partial charge in [0.2, 0.25) is 10.0 Å². The second kappa shape index (κ2) is 6.82. The van der Waals surface area contributed by atoms with E-state index < -0.39 is 10.0 Å². The Morgan fingerprint density at radius 3 is 2.21 bits per heavy atom. The number of carbonyl (C=O) groups is 1. The number of rotatable bonds is 2. The summed E-state index contributed by atoms with van der Waals surface area (Å²) >= 11 is 0. The van der Waals surface area contributed by atoms with Crippen LogP contribution in [0.5, 0.6) is 0 Å². The summed E-state index contributed by atoms with van der Waals surface area (Å²) in [6.07, 6.45) is 0.649. The van der Waals surface area contributed by atoms with E-state index in [1.807, 2.05) is 26.8 Å². The number of carbonyl (C=O) groups excluding carboxylic acids is 1. The smallest absolute Gasteiger partial charge is 0.243 e. The lowest BCUT2D eigenvalue weighted by molar-refractivity contribution is -0.120. The van der Waals surface area contributed by atoms with Gasteiger partial charge in [0.05, 0.1) is 4.90 Å². The Hall–Kier alpha value is -1.20. The van der Waals surface area contributed by atoms with Crippen molar-refractivity contribution in [3.63, 3.8) is 0 Å². The maximum absolute atomic E-state index is 12.3. The zero-order valence-corrected chi connectivity index (χ0v) is 12.5. The average molecular weight is 283 g/mol. The van der Waals surface area contributed by atoms with Gasteiger partial charge in [-0.25, -0.2) is 8.42 Å². The van der Waals surface area contributed by atoms with Crippen LogP contribution in [0.2, 0.25) is 0 Å². The molecule has 1 aliphatic rings. The van der Waals surface area contributed by atoms with Gasteiger partial charge in [0.1, 0.15) is 5.78 Å². The summed E-state index contributed by atoms with van der Waals surface area (Å²) in [5.74, 6) is 0.140. The van der Waals surface area contributed by atoms with Crippen LogP contribution in [0.4, 0.5) is 0 Å². The highest BCUT2D eigenvalue weighted by atomic mass is 32.2. The fraction of sp³-hybridized carbons (Fsp3) is 0.500. The molecule has 0 spiro atoms. The molecular formula is C14H21NO3S. The lowest BCUT2D eigenvalue weighted by Gasteiger charge is -2.25. The molecule has 0 aromatic heterocycles. The van der Waals surface area contributed by atoms with Crippen LogP contribution in [0.15, 0.2) is 29.2 Å². The molecule has 0 saturated carbocycles. The van der Waals surface area contributed by atoms with E-state index in [0.717, 1.165) is 5.56 Å². The first-order valence-corrected chi connectivity index (χ1v) is 8.03. The van der Waals surface area contributed by atoms with E-state index in [-0.39, 0.29) is 5.78 Å². The summed E-state index contributed by atoms with van der Waals surface area (Å²) in [5.41, 5.74) is 0.916. The highest BCUT2D eigenvalue weighted by Gasteiger charge is 2.28. The fourth-order valence-electron chi connectivity index (χ4n) is 1.90. The summed E-state index contributed by atoms with van der Waals surface area (Å²) in [6, 6.07) is 6.85. The molecule has 1 aliphatic heterocycles. The van der Waals surface area contributed by atoms with Gasteiger partial charge in [-0.2, -0.15) is 4.31 Å². The van der Waals surface area contributed by atoms with E-state index in [4.69, 9.17) is 0 Å². The summed E-state index contributed by atoms with van der Waals surface area (Å²) < 4.78 is 25.9. The third-order valence-electron chi connectivity index (χ3n) is 2.91. The van der Waals surface area contributed by atoms with Gasteiger partial charge in [0.15, 0.2) is 0 Å². The predicted octanol–water partition coefficient (Wildman–Crippen LogP) is 2.37. The topological polar surface area (TPSA) is 54.5 Å². The number of nitrogens with zero attached hydrogens (tertiary/aromatic N) is 1. The van der Waals surface area contributed by atoms with Crippen LogP contribution in [-0.2, 0) is 14.8 Å². The lowest BCUT2D eigenvalue weighted by atomic mass is 10.1. The standard InChI is InChI=1S/C12H15NO3S.C2H6/c1-10-3-2-4-12(9-10)17(15,16)13-7-5-11(14)6-8-13;1-2/h2-4,9H,5-8H2,1H3;1-2H3. The van der Waals surface area contributed by atoms with Crippen molar-refractivity contribution in [1.29, 1.82) is 0 Å². The second-order valence-electron chi connectivity index (χ2n) is 4.26. The average Bonchev–Trinajstić information content (AvgIpc) is 2.41. The summed E-state index contributed by atoms with van der Waals surface area (Å²) in [5, 5.41) is 0. The SMILES string of the molecule is CC.Cc1cccc(S(=O)(=O)N2CCC(=O)CC2)c1. The molecule has 1 saturated heterocycles. The van der Waals surface area contributed by atoms with E-state index in [0.29, 0.717) is 30.8 Å². The van der Waals surface area contributed by atoms with E-state index in [2.05, 4.69) is 0 Å². The van der Waals surface area contributed by atoms with E-state index in [1.54, 1.807) is 18.2 Å². The normalized spacial score (nSPS) is 16.7. The maximum atomic E-state index is 12.3. The summed E-state index contributed by atoms with van der Waals surface area (Å²) in [7, 11) is -3.43. The minimum absolute atomic E-state index is 0.140. The van der Waals surface area contributed by atoms with Gasteiger partial charge >= 0.3 is 0 Å². The summed E-state index contributed by atoms with van der Waals surface area (Å²) in [4.78, 5) is 11.4. The highest BCUT2D eigenvalue weighted by molar-refractivity contribution is 7.89. The van der Waals surface area contributed by atoms with Crippen LogP contribution < -0.4 is 0 Å². The van der Waals surface area contributed by atoms with Gasteiger partial charge < -0.3 is 0 Å². The van der Waals surface area contributed by atoms with Crippen molar-refractivity contribution in [3.05, 3.63) is 29.8 Å². The Morgan fingerprint density at radius 2 is 1.68 bits per heavy atom. The zero-order chi connectivity index (χ0) is 14.5. The van der Waals surface area contributed by atoms with Gasteiger partial charge in [-0.15, -0.1) is 0 Å². The number of ketones is 1. The molecule has 0 N–H and O–H groups in total. The molecule has 0 amide bonds. The van der Waals surface area contributed by atoms with Crippen molar-refractivity contribution in [2.75, 3.05) is 13.1 Å². The molecule has 2 rings (SSSR count). The third-order valence-corrected chi connectivity index (χ3v) is 4.80. The quantitative estimate of drug-likeness (QED) is 0.837. The number of aryl methyl sites for hydroxylation is 1. The Kier molecular flexibility index (Phi) is 5.69. The minimum Gasteiger partial charge on any atom is -0.300 e. The number of Topliss-reactive ketones (excluding diaryl/α,β-unsaturated/α-hetero) is 1. The Morgan fingerprint density at radius 1 is 1.11 bits per heavy atom. The van der Waals surface area contributed by atoms with E-state index in [9.17, 15) is 13.2 Å². The number of hydrogen-bond donors (Lipinski definition) is 0. The Bertz CT molecular complexity index is 527. The van der Waals surface area contributed by atoms with Crippen molar-refractivity contribution in [2.24, 2.45) is 0 Å². The number of sulfonamides is 1. The minimum atomic E-state index is -3.43. The summed E-state index contributed by atoms with van der Waals surface area (Å²) in [6.45, 7) is 6.46. The van der Waals surface area contributed by atoms with Crippen molar-refractivity contribution in [1.82, 2.24) is 4.31 Å². The van der Waals surface area contributed by atoms with Gasteiger partial charge in [0.25, 0.3) is 0 Å². The van der Waals surface area contributed by atoms with E-state index in [1.165, 1.54) is 4.31 Å². The predicted molar refractivity (Wildman–Crippen MR) is 75.5 cm³/mol. The molecule has 0 unspecified atom stereocenters. The van der Waals surface area contributed by atoms with Crippen molar-refractivity contribution in [2.45, 2.75) is 38.5 Å². The molecule has 0 aliphatic carbocycles. The van der Waals surface area contributed by atoms with Crippen molar-refractivity contribution >= 4 is 15.8 Å². The molecule has 1 aromatic carbocycles. The third kappa shape index (κ3) is 3.88. The first-order valence-electron chi connectivity index (χ1n) is 6.59. The second-order valence-corrected chi connectivity index (χ2v) is 6.20. The molecule has 4 nitrogen and oxygen atoms in total. The first kappa shape index (κ1) is 15.9. The highest BCUT2D eigenvalue weighted by Crippen LogP contribution is 2.19. The van der Waals surface area contributed by atoms with Gasteiger partial charge in [-0.3, -0.25) is 4.79 Å². The molecule has 1 heterocycles. The zero-order valence-electron chi connectivity index (χ0n) is 11.7. The largest absolute Gasteiger partial charge is 0.300 e. The number of piperidine rings is 1. The molecular weight excluding hydrogens is 262 g/mol. The van der Waals surface area contributed by atoms with Crippen LogP contribution in [0.3, 0.4) is 0 Å². The Balaban J connectivity index is 0.000000861. The molecule has 5 heteroatoms. The van der Waals surface area contributed by atoms with Gasteiger partial charge in [0, 0.05) is 25.9 Å². The van der Waals surface area contributed by atoms with Crippen molar-refractivity contribution in [3.8, 4) is 0 Å². The van der Waals surface area contributed by atoms with Crippen LogP contribution in [0.1, 0.15) is 32.3 Å². The van der Waals surface area contributed by atoms with Crippen LogP contribution in [0, 0.1) is 6.92 Å². The molecule has 106 valence electrons. The molecule has 19 heavy (non-hydrogen) atoms. The number of benzene rings is 1. The van der Waals surface area contributed by atoms with Crippen LogP contribution in [-0.4, -0.2) is 31.6 Å². The van der Waals surface area contributed by atoms with Gasteiger partial charge in [-0.1, -0.05) is 26.0 Å². The fourth-order valence-corrected chi connectivity index (χ4v) is 3.45. The lowest BCUT2D eigenvalue weighted by Crippen LogP contribution is -2.38. The van der Waals surface area contributed by atoms with Crippen molar-refractivity contribution < 1.29 is 13.2 Å². The molecule has 1 fully saturated rings. The molecule has 0 bridgehead atoms. The maximum Gasteiger partial charge on any atom is 0.243 e. The van der Waals surface area contributed by atoms with Gasteiger partial charge in [-0.05, 0) is 24.6 Å². The van der Waals surface area contributed by atoms with Crippen LogP contribution >= 0.6 is 0 Å². The molecule has 1 aromatic rings. The molecule has 0 atom stereocenters. The monoisotopic (exact) mass is 283 g/mol. The number of hydrogen-bond acceptors (Lipinski definition) is 3.